The Morgan fingerprint density at radius 3 is 2.53 bits per heavy atom. The maximum atomic E-state index is 5.49. The van der Waals surface area contributed by atoms with Gasteiger partial charge in [-0.05, 0) is 32.6 Å². The molecule has 1 rings (SSSR count). The zero-order valence-corrected chi connectivity index (χ0v) is 13.5. The van der Waals surface area contributed by atoms with Crippen LogP contribution in [-0.2, 0) is 4.74 Å². The first-order valence-corrected chi connectivity index (χ1v) is 8.28. The summed E-state index contributed by atoms with van der Waals surface area (Å²) in [4.78, 5) is 2.74. The van der Waals surface area contributed by atoms with Crippen molar-refractivity contribution in [3.8, 4) is 0 Å². The third-order valence-electron chi connectivity index (χ3n) is 4.71. The summed E-state index contributed by atoms with van der Waals surface area (Å²) in [6.45, 7) is 14.3. The number of ether oxygens (including phenoxy) is 1. The Morgan fingerprint density at radius 2 is 1.95 bits per heavy atom. The van der Waals surface area contributed by atoms with Gasteiger partial charge in [0.2, 0.25) is 0 Å². The van der Waals surface area contributed by atoms with Crippen LogP contribution in [0.15, 0.2) is 0 Å². The van der Waals surface area contributed by atoms with Crippen LogP contribution in [0.25, 0.3) is 0 Å². The van der Waals surface area contributed by atoms with Crippen molar-refractivity contribution in [3.63, 3.8) is 0 Å². The number of nitrogens with zero attached hydrogens (tertiary/aromatic N) is 1. The van der Waals surface area contributed by atoms with Crippen LogP contribution >= 0.6 is 0 Å². The summed E-state index contributed by atoms with van der Waals surface area (Å²) < 4.78 is 5.49. The molecule has 0 spiro atoms. The highest BCUT2D eigenvalue weighted by molar-refractivity contribution is 4.97. The van der Waals surface area contributed by atoms with E-state index in [0.29, 0.717) is 11.6 Å². The monoisotopic (exact) mass is 270 g/mol. The fourth-order valence-electron chi connectivity index (χ4n) is 3.29. The normalized spacial score (nSPS) is 23.7. The van der Waals surface area contributed by atoms with Crippen molar-refractivity contribution in [1.82, 2.24) is 10.2 Å². The molecule has 0 saturated carbocycles. The third-order valence-corrected chi connectivity index (χ3v) is 4.71. The number of piperazine rings is 1. The lowest BCUT2D eigenvalue weighted by atomic mass is 9.86. The van der Waals surface area contributed by atoms with E-state index in [2.05, 4.69) is 37.9 Å². The number of rotatable bonds is 9. The van der Waals surface area contributed by atoms with E-state index in [4.69, 9.17) is 4.74 Å². The lowest BCUT2D eigenvalue weighted by Gasteiger charge is -2.50. The van der Waals surface area contributed by atoms with E-state index in [9.17, 15) is 0 Å². The first kappa shape index (κ1) is 16.9. The largest absolute Gasteiger partial charge is 0.382 e. The van der Waals surface area contributed by atoms with Crippen LogP contribution in [0, 0.1) is 0 Å². The minimum atomic E-state index is 0.371. The standard InChI is InChI=1S/C16H34N2O/c1-5-10-15-13-18(11-9-12-19-8-4)16(6-2,7-3)14-17-15/h15,17H,5-14H2,1-4H3. The molecular formula is C16H34N2O. The van der Waals surface area contributed by atoms with Crippen LogP contribution in [0.1, 0.15) is 59.8 Å². The number of hydrogen-bond acceptors (Lipinski definition) is 3. The van der Waals surface area contributed by atoms with Gasteiger partial charge < -0.3 is 10.1 Å². The van der Waals surface area contributed by atoms with Gasteiger partial charge in [0, 0.05) is 44.4 Å². The Morgan fingerprint density at radius 1 is 1.21 bits per heavy atom. The van der Waals surface area contributed by atoms with Crippen molar-refractivity contribution in [2.24, 2.45) is 0 Å². The molecule has 0 bridgehead atoms. The van der Waals surface area contributed by atoms with Gasteiger partial charge in [0.25, 0.3) is 0 Å². The molecular weight excluding hydrogens is 236 g/mol. The zero-order valence-electron chi connectivity index (χ0n) is 13.5. The van der Waals surface area contributed by atoms with Crippen molar-refractivity contribution in [2.45, 2.75) is 71.4 Å². The van der Waals surface area contributed by atoms with Gasteiger partial charge in [-0.25, -0.2) is 0 Å². The average Bonchev–Trinajstić information content (AvgIpc) is 2.45. The van der Waals surface area contributed by atoms with Crippen LogP contribution in [0.2, 0.25) is 0 Å². The third kappa shape index (κ3) is 4.73. The minimum absolute atomic E-state index is 0.371. The second-order valence-corrected chi connectivity index (χ2v) is 5.79. The molecule has 1 atom stereocenters. The summed E-state index contributed by atoms with van der Waals surface area (Å²) >= 11 is 0. The lowest BCUT2D eigenvalue weighted by Crippen LogP contribution is -2.64. The van der Waals surface area contributed by atoms with Crippen molar-refractivity contribution in [2.75, 3.05) is 32.8 Å². The van der Waals surface area contributed by atoms with Crippen LogP contribution in [0.4, 0.5) is 0 Å². The first-order chi connectivity index (χ1) is 9.22. The van der Waals surface area contributed by atoms with Crippen LogP contribution in [0.5, 0.6) is 0 Å². The Hall–Kier alpha value is -0.120. The molecule has 19 heavy (non-hydrogen) atoms. The molecule has 114 valence electrons. The van der Waals surface area contributed by atoms with Crippen molar-refractivity contribution in [1.29, 1.82) is 0 Å². The molecule has 1 heterocycles. The fraction of sp³-hybridized carbons (Fsp3) is 1.00. The molecule has 0 aliphatic carbocycles. The molecule has 0 radical (unpaired) electrons. The molecule has 1 aliphatic rings. The Kier molecular flexibility index (Phi) is 7.96. The predicted octanol–water partition coefficient (Wildman–Crippen LogP) is 3.05. The molecule has 1 saturated heterocycles. The Bertz CT molecular complexity index is 229. The number of hydrogen-bond donors (Lipinski definition) is 1. The van der Waals surface area contributed by atoms with E-state index in [-0.39, 0.29) is 0 Å². The molecule has 0 aromatic rings. The summed E-state index contributed by atoms with van der Waals surface area (Å²) in [5, 5.41) is 3.77. The molecule has 3 nitrogen and oxygen atoms in total. The van der Waals surface area contributed by atoms with Crippen LogP contribution in [0.3, 0.4) is 0 Å². The summed E-state index contributed by atoms with van der Waals surface area (Å²) in [6.07, 6.45) is 6.21. The SMILES string of the molecule is CCCC1CN(CCCOCC)C(CC)(CC)CN1. The summed E-state index contributed by atoms with van der Waals surface area (Å²) in [5.74, 6) is 0. The van der Waals surface area contributed by atoms with E-state index >= 15 is 0 Å². The van der Waals surface area contributed by atoms with Gasteiger partial charge in [0.1, 0.15) is 0 Å². The second-order valence-electron chi connectivity index (χ2n) is 5.79. The highest BCUT2D eigenvalue weighted by Crippen LogP contribution is 2.27. The topological polar surface area (TPSA) is 24.5 Å². The molecule has 0 aromatic carbocycles. The average molecular weight is 270 g/mol. The van der Waals surface area contributed by atoms with E-state index < -0.39 is 0 Å². The van der Waals surface area contributed by atoms with Crippen molar-refractivity contribution >= 4 is 0 Å². The van der Waals surface area contributed by atoms with Gasteiger partial charge in [-0.2, -0.15) is 0 Å². The fourth-order valence-corrected chi connectivity index (χ4v) is 3.29. The molecule has 1 fully saturated rings. The zero-order chi connectivity index (χ0) is 14.1. The van der Waals surface area contributed by atoms with E-state index in [0.717, 1.165) is 26.2 Å². The van der Waals surface area contributed by atoms with Gasteiger partial charge in [0.15, 0.2) is 0 Å². The van der Waals surface area contributed by atoms with Crippen LogP contribution < -0.4 is 5.32 Å². The maximum absolute atomic E-state index is 5.49. The van der Waals surface area contributed by atoms with E-state index in [1.54, 1.807) is 0 Å². The van der Waals surface area contributed by atoms with Crippen molar-refractivity contribution < 1.29 is 4.74 Å². The molecule has 0 amide bonds. The molecule has 0 aromatic heterocycles. The number of nitrogens with one attached hydrogen (secondary N) is 1. The molecule has 3 heteroatoms. The van der Waals surface area contributed by atoms with Gasteiger partial charge in [0.05, 0.1) is 0 Å². The summed E-state index contributed by atoms with van der Waals surface area (Å²) in [6, 6.07) is 0.684. The quantitative estimate of drug-likeness (QED) is 0.652. The van der Waals surface area contributed by atoms with Gasteiger partial charge in [-0.15, -0.1) is 0 Å². The van der Waals surface area contributed by atoms with E-state index in [1.807, 2.05) is 0 Å². The van der Waals surface area contributed by atoms with Gasteiger partial charge >= 0.3 is 0 Å². The van der Waals surface area contributed by atoms with Gasteiger partial charge in [-0.3, -0.25) is 4.90 Å². The molecule has 1 N–H and O–H groups in total. The van der Waals surface area contributed by atoms with E-state index in [1.165, 1.54) is 38.8 Å². The first-order valence-electron chi connectivity index (χ1n) is 8.28. The molecule has 1 aliphatic heterocycles. The lowest BCUT2D eigenvalue weighted by molar-refractivity contribution is 0.0210. The minimum Gasteiger partial charge on any atom is -0.382 e. The Balaban J connectivity index is 2.54. The summed E-state index contributed by atoms with van der Waals surface area (Å²) in [5.41, 5.74) is 0.371. The van der Waals surface area contributed by atoms with Crippen LogP contribution in [-0.4, -0.2) is 49.3 Å². The molecule has 1 unspecified atom stereocenters. The second kappa shape index (κ2) is 8.93. The maximum Gasteiger partial charge on any atom is 0.0478 e. The Labute approximate surface area is 120 Å². The van der Waals surface area contributed by atoms with Gasteiger partial charge in [-0.1, -0.05) is 27.2 Å². The smallest absolute Gasteiger partial charge is 0.0478 e. The highest BCUT2D eigenvalue weighted by Gasteiger charge is 2.37. The summed E-state index contributed by atoms with van der Waals surface area (Å²) in [7, 11) is 0. The van der Waals surface area contributed by atoms with Crippen molar-refractivity contribution in [3.05, 3.63) is 0 Å². The highest BCUT2D eigenvalue weighted by atomic mass is 16.5. The predicted molar refractivity (Wildman–Crippen MR) is 82.7 cm³/mol.